The van der Waals surface area contributed by atoms with Crippen molar-refractivity contribution in [2.24, 2.45) is 0 Å². The lowest BCUT2D eigenvalue weighted by Crippen LogP contribution is -2.36. The fourth-order valence-electron chi connectivity index (χ4n) is 5.17. The van der Waals surface area contributed by atoms with E-state index in [4.69, 9.17) is 0 Å². The molecule has 0 aromatic heterocycles. The summed E-state index contributed by atoms with van der Waals surface area (Å²) in [6.07, 6.45) is 0.650. The summed E-state index contributed by atoms with van der Waals surface area (Å²) in [5.41, 5.74) is 3.07. The van der Waals surface area contributed by atoms with Crippen molar-refractivity contribution >= 4 is 29.1 Å². The number of benzene rings is 4. The first-order chi connectivity index (χ1) is 20.8. The Morgan fingerprint density at radius 1 is 0.767 bits per heavy atom. The molecule has 3 amide bonds. The molecule has 0 aliphatic carbocycles. The molecule has 5 rings (SSSR count). The van der Waals surface area contributed by atoms with Crippen molar-refractivity contribution in [2.45, 2.75) is 13.0 Å². The van der Waals surface area contributed by atoms with Gasteiger partial charge in [0.25, 0.3) is 17.7 Å². The molecule has 1 aliphatic heterocycles. The van der Waals surface area contributed by atoms with Crippen molar-refractivity contribution in [1.82, 2.24) is 9.80 Å². The fourth-order valence-corrected chi connectivity index (χ4v) is 5.17. The lowest BCUT2D eigenvalue weighted by molar-refractivity contribution is 0.0763. The third-order valence-corrected chi connectivity index (χ3v) is 7.40. The van der Waals surface area contributed by atoms with E-state index in [0.717, 1.165) is 5.56 Å². The molecule has 1 N–H and O–H groups in total. The van der Waals surface area contributed by atoms with Gasteiger partial charge in [-0.25, -0.2) is 8.78 Å². The average molecular weight is 583 g/mol. The number of nitrogens with one attached hydrogen (secondary N) is 1. The summed E-state index contributed by atoms with van der Waals surface area (Å²) in [7, 11) is 1.73. The van der Waals surface area contributed by atoms with Crippen molar-refractivity contribution in [3.63, 3.8) is 0 Å². The van der Waals surface area contributed by atoms with Crippen molar-refractivity contribution in [1.29, 1.82) is 0 Å². The third-order valence-electron chi connectivity index (χ3n) is 7.40. The summed E-state index contributed by atoms with van der Waals surface area (Å²) in [6.45, 7) is 2.34. The van der Waals surface area contributed by atoms with Crippen LogP contribution in [0, 0.1) is 11.6 Å². The maximum absolute atomic E-state index is 13.9. The lowest BCUT2D eigenvalue weighted by atomic mass is 10.1. The van der Waals surface area contributed by atoms with Crippen LogP contribution in [0.2, 0.25) is 0 Å². The number of amides is 3. The molecule has 0 spiro atoms. The van der Waals surface area contributed by atoms with Gasteiger partial charge in [-0.15, -0.1) is 0 Å². The van der Waals surface area contributed by atoms with E-state index in [9.17, 15) is 23.2 Å². The second-order valence-electron chi connectivity index (χ2n) is 10.5. The van der Waals surface area contributed by atoms with Gasteiger partial charge in [0.05, 0.1) is 5.56 Å². The maximum Gasteiger partial charge on any atom is 0.256 e. The number of rotatable bonds is 7. The van der Waals surface area contributed by atoms with Crippen LogP contribution >= 0.6 is 0 Å². The Hall–Kier alpha value is -5.05. The van der Waals surface area contributed by atoms with Crippen LogP contribution in [0.15, 0.2) is 97.1 Å². The molecular formula is C34H32F2N4O3. The first kappa shape index (κ1) is 29.4. The molecule has 4 aromatic carbocycles. The number of hydrogen-bond donors (Lipinski definition) is 1. The monoisotopic (exact) mass is 582 g/mol. The smallest absolute Gasteiger partial charge is 0.256 e. The van der Waals surface area contributed by atoms with E-state index in [0.29, 0.717) is 61.6 Å². The van der Waals surface area contributed by atoms with Gasteiger partial charge in [0.15, 0.2) is 0 Å². The first-order valence-electron chi connectivity index (χ1n) is 14.1. The highest BCUT2D eigenvalue weighted by atomic mass is 19.1. The van der Waals surface area contributed by atoms with E-state index in [1.165, 1.54) is 42.5 Å². The van der Waals surface area contributed by atoms with Crippen molar-refractivity contribution in [3.8, 4) is 0 Å². The highest BCUT2D eigenvalue weighted by Crippen LogP contribution is 2.28. The molecule has 4 aromatic rings. The second-order valence-corrected chi connectivity index (χ2v) is 10.5. The van der Waals surface area contributed by atoms with E-state index < -0.39 is 17.5 Å². The van der Waals surface area contributed by atoms with E-state index in [1.807, 2.05) is 30.3 Å². The molecule has 1 aliphatic rings. The van der Waals surface area contributed by atoms with Crippen LogP contribution in [0.1, 0.15) is 43.1 Å². The van der Waals surface area contributed by atoms with Crippen LogP contribution in [0.5, 0.6) is 0 Å². The van der Waals surface area contributed by atoms with Crippen LogP contribution in [0.4, 0.5) is 20.2 Å². The Bertz CT molecular complexity index is 1610. The standard InChI is InChI=1S/C34H32F2N4O3/c1-38(23-24-7-3-2-4-8-24)34(43)30-22-29(37-32(41)25-11-13-27(35)14-12-25)15-16-31(30)39-17-6-18-40(20-19-39)33(42)26-9-5-10-28(36)21-26/h2-5,7-16,21-22H,6,17-20,23H2,1H3,(H,37,41). The zero-order valence-electron chi connectivity index (χ0n) is 23.8. The number of carbonyl (C=O) groups is 3. The molecule has 9 heteroatoms. The largest absolute Gasteiger partial charge is 0.369 e. The Kier molecular flexibility index (Phi) is 9.10. The second kappa shape index (κ2) is 13.3. The summed E-state index contributed by atoms with van der Waals surface area (Å²) in [6, 6.07) is 25.7. The van der Waals surface area contributed by atoms with Gasteiger partial charge in [-0.3, -0.25) is 14.4 Å². The summed E-state index contributed by atoms with van der Waals surface area (Å²) in [5, 5.41) is 2.81. The minimum absolute atomic E-state index is 0.228. The van der Waals surface area contributed by atoms with Gasteiger partial charge >= 0.3 is 0 Å². The number of halogens is 2. The SMILES string of the molecule is CN(Cc1ccccc1)C(=O)c1cc(NC(=O)c2ccc(F)cc2)ccc1N1CCCN(C(=O)c2cccc(F)c2)CC1. The van der Waals surface area contributed by atoms with Gasteiger partial charge < -0.3 is 20.0 Å². The van der Waals surface area contributed by atoms with Crippen molar-refractivity contribution in [3.05, 3.63) is 131 Å². The molecule has 220 valence electrons. The van der Waals surface area contributed by atoms with E-state index in [1.54, 1.807) is 41.1 Å². The summed E-state index contributed by atoms with van der Waals surface area (Å²) >= 11 is 0. The van der Waals surface area contributed by atoms with Crippen LogP contribution in [0.3, 0.4) is 0 Å². The normalized spacial score (nSPS) is 13.3. The van der Waals surface area contributed by atoms with Crippen molar-refractivity contribution < 1.29 is 23.2 Å². The molecule has 0 unspecified atom stereocenters. The molecule has 0 atom stereocenters. The molecular weight excluding hydrogens is 550 g/mol. The minimum atomic E-state index is -0.461. The zero-order chi connectivity index (χ0) is 30.3. The van der Waals surface area contributed by atoms with Crippen LogP contribution in [0.25, 0.3) is 0 Å². The van der Waals surface area contributed by atoms with Gasteiger partial charge in [0.1, 0.15) is 11.6 Å². The highest BCUT2D eigenvalue weighted by molar-refractivity contribution is 6.06. The number of carbonyl (C=O) groups excluding carboxylic acids is 3. The first-order valence-corrected chi connectivity index (χ1v) is 14.1. The molecule has 43 heavy (non-hydrogen) atoms. The summed E-state index contributed by atoms with van der Waals surface area (Å²) in [4.78, 5) is 45.2. The zero-order valence-corrected chi connectivity index (χ0v) is 23.8. The Balaban J connectivity index is 1.39. The molecule has 0 radical (unpaired) electrons. The maximum atomic E-state index is 13.9. The Morgan fingerprint density at radius 2 is 1.53 bits per heavy atom. The van der Waals surface area contributed by atoms with E-state index >= 15 is 0 Å². The molecule has 1 fully saturated rings. The van der Waals surface area contributed by atoms with Gasteiger partial charge in [0, 0.05) is 62.3 Å². The van der Waals surface area contributed by atoms with Crippen LogP contribution < -0.4 is 10.2 Å². The average Bonchev–Trinajstić information content (AvgIpc) is 3.27. The summed E-state index contributed by atoms with van der Waals surface area (Å²) in [5.74, 6) is -1.79. The van der Waals surface area contributed by atoms with Crippen molar-refractivity contribution in [2.75, 3.05) is 43.4 Å². The van der Waals surface area contributed by atoms with Gasteiger partial charge in [-0.2, -0.15) is 0 Å². The van der Waals surface area contributed by atoms with Gasteiger partial charge in [-0.1, -0.05) is 36.4 Å². The lowest BCUT2D eigenvalue weighted by Gasteiger charge is -2.28. The predicted octanol–water partition coefficient (Wildman–Crippen LogP) is 5.84. The van der Waals surface area contributed by atoms with Gasteiger partial charge in [0.2, 0.25) is 0 Å². The predicted molar refractivity (Wildman–Crippen MR) is 162 cm³/mol. The highest BCUT2D eigenvalue weighted by Gasteiger charge is 2.25. The molecule has 0 saturated carbocycles. The topological polar surface area (TPSA) is 73.0 Å². The minimum Gasteiger partial charge on any atom is -0.369 e. The molecule has 1 saturated heterocycles. The summed E-state index contributed by atoms with van der Waals surface area (Å²) < 4.78 is 27.1. The van der Waals surface area contributed by atoms with Gasteiger partial charge in [-0.05, 0) is 72.6 Å². The quantitative estimate of drug-likeness (QED) is 0.297. The fraction of sp³-hybridized carbons (Fsp3) is 0.206. The number of nitrogens with zero attached hydrogens (tertiary/aromatic N) is 3. The van der Waals surface area contributed by atoms with Crippen LogP contribution in [-0.2, 0) is 6.54 Å². The van der Waals surface area contributed by atoms with E-state index in [2.05, 4.69) is 10.2 Å². The van der Waals surface area contributed by atoms with Crippen LogP contribution in [-0.4, -0.2) is 60.7 Å². The Labute approximate surface area is 249 Å². The molecule has 7 nitrogen and oxygen atoms in total. The van der Waals surface area contributed by atoms with E-state index in [-0.39, 0.29) is 17.4 Å². The molecule has 0 bridgehead atoms. The molecule has 1 heterocycles. The number of anilines is 2. The number of hydrogen-bond acceptors (Lipinski definition) is 4. The Morgan fingerprint density at radius 3 is 2.28 bits per heavy atom. The third kappa shape index (κ3) is 7.24.